The smallest absolute Gasteiger partial charge is 0.342 e. The number of alkyl halides is 1. The Morgan fingerprint density at radius 3 is 3.00 bits per heavy atom. The van der Waals surface area contributed by atoms with E-state index >= 15 is 0 Å². The molecule has 0 spiro atoms. The number of rotatable bonds is 0. The van der Waals surface area contributed by atoms with Crippen molar-refractivity contribution in [2.24, 2.45) is 0 Å². The first-order chi connectivity index (χ1) is 5.70. The Balaban J connectivity index is 2.67. The molecule has 0 bridgehead atoms. The number of carbonyl (C=O) groups is 1. The Morgan fingerprint density at radius 1 is 1.58 bits per heavy atom. The number of fused-ring (bicyclic) bond motifs is 1. The van der Waals surface area contributed by atoms with Crippen LogP contribution in [0.4, 0.5) is 0 Å². The minimum atomic E-state index is -0.341. The van der Waals surface area contributed by atoms with Gasteiger partial charge in [-0.05, 0) is 37.9 Å². The van der Waals surface area contributed by atoms with Crippen LogP contribution in [0.1, 0.15) is 20.9 Å². The fraction of sp³-hybridized carbons (Fsp3) is 0.143. The van der Waals surface area contributed by atoms with E-state index in [-0.39, 0.29) is 11.0 Å². The normalized spacial score (nSPS) is 20.5. The van der Waals surface area contributed by atoms with Crippen molar-refractivity contribution in [3.63, 3.8) is 0 Å². The zero-order valence-electron chi connectivity index (χ0n) is 5.75. The molecule has 0 N–H and O–H groups in total. The van der Waals surface area contributed by atoms with Crippen LogP contribution in [0, 0.1) is 0 Å². The highest BCUT2D eigenvalue weighted by Crippen LogP contribution is 2.37. The molecule has 0 aromatic carbocycles. The maximum absolute atomic E-state index is 11.2. The Kier molecular flexibility index (Phi) is 1.92. The quantitative estimate of drug-likeness (QED) is 0.419. The third-order valence-corrected chi connectivity index (χ3v) is 2.88. The van der Waals surface area contributed by atoms with Crippen molar-refractivity contribution in [2.75, 3.05) is 0 Å². The lowest BCUT2D eigenvalue weighted by atomic mass is 10.2. The van der Waals surface area contributed by atoms with Crippen molar-refractivity contribution >= 4 is 37.8 Å². The van der Waals surface area contributed by atoms with Crippen LogP contribution >= 0.6 is 31.9 Å². The van der Waals surface area contributed by atoms with Crippen LogP contribution < -0.4 is 0 Å². The Labute approximate surface area is 85.4 Å². The molecule has 0 aliphatic carbocycles. The monoisotopic (exact) mass is 291 g/mol. The van der Waals surface area contributed by atoms with Gasteiger partial charge in [-0.25, -0.2) is 9.78 Å². The van der Waals surface area contributed by atoms with Crippen LogP contribution in [0.2, 0.25) is 0 Å². The second kappa shape index (κ2) is 2.81. The van der Waals surface area contributed by atoms with E-state index in [9.17, 15) is 4.79 Å². The topological polar surface area (TPSA) is 39.2 Å². The second-order valence-electron chi connectivity index (χ2n) is 2.29. The summed E-state index contributed by atoms with van der Waals surface area (Å²) >= 11 is 6.40. The molecule has 62 valence electrons. The molecule has 3 nitrogen and oxygen atoms in total. The largest absolute Gasteiger partial charge is 0.442 e. The van der Waals surface area contributed by atoms with E-state index < -0.39 is 0 Å². The SMILES string of the molecule is O=C1OC(Br)c2ccnc(Br)c21. The number of hydrogen-bond acceptors (Lipinski definition) is 3. The highest BCUT2D eigenvalue weighted by Gasteiger charge is 2.31. The summed E-state index contributed by atoms with van der Waals surface area (Å²) in [6.45, 7) is 0. The Morgan fingerprint density at radius 2 is 2.33 bits per heavy atom. The molecule has 1 aliphatic heterocycles. The number of hydrogen-bond donors (Lipinski definition) is 0. The van der Waals surface area contributed by atoms with Gasteiger partial charge in [0.2, 0.25) is 0 Å². The number of esters is 1. The van der Waals surface area contributed by atoms with Gasteiger partial charge in [0.25, 0.3) is 0 Å². The maximum atomic E-state index is 11.2. The summed E-state index contributed by atoms with van der Waals surface area (Å²) < 4.78 is 5.45. The van der Waals surface area contributed by atoms with E-state index in [1.807, 2.05) is 0 Å². The molecule has 1 aromatic rings. The van der Waals surface area contributed by atoms with Crippen LogP contribution in [-0.4, -0.2) is 11.0 Å². The van der Waals surface area contributed by atoms with E-state index in [4.69, 9.17) is 4.74 Å². The predicted molar refractivity (Wildman–Crippen MR) is 49.0 cm³/mol. The molecule has 2 heterocycles. The third-order valence-electron chi connectivity index (χ3n) is 1.60. The summed E-state index contributed by atoms with van der Waals surface area (Å²) in [6.07, 6.45) is 1.62. The number of halogens is 2. The van der Waals surface area contributed by atoms with Gasteiger partial charge in [-0.3, -0.25) is 0 Å². The fourth-order valence-electron chi connectivity index (χ4n) is 1.06. The standard InChI is InChI=1S/C7H3Br2NO2/c8-5-4-3(1-2-10-5)6(9)12-7(4)11/h1-2,6H. The molecule has 12 heavy (non-hydrogen) atoms. The average molecular weight is 293 g/mol. The first-order valence-electron chi connectivity index (χ1n) is 3.19. The Hall–Kier alpha value is -0.420. The van der Waals surface area contributed by atoms with Gasteiger partial charge in [-0.1, -0.05) is 0 Å². The summed E-state index contributed by atoms with van der Waals surface area (Å²) in [4.78, 5) is 15.1. The molecule has 0 fully saturated rings. The van der Waals surface area contributed by atoms with Crippen LogP contribution in [0.25, 0.3) is 0 Å². The molecule has 1 atom stereocenters. The first kappa shape index (κ1) is 8.19. The second-order valence-corrected chi connectivity index (χ2v) is 3.87. The van der Waals surface area contributed by atoms with Crippen LogP contribution in [0.5, 0.6) is 0 Å². The lowest BCUT2D eigenvalue weighted by Crippen LogP contribution is -1.96. The van der Waals surface area contributed by atoms with Gasteiger partial charge in [-0.2, -0.15) is 0 Å². The predicted octanol–water partition coefficient (Wildman–Crippen LogP) is 2.41. The number of cyclic esters (lactones) is 1. The number of nitrogens with zero attached hydrogens (tertiary/aromatic N) is 1. The van der Waals surface area contributed by atoms with E-state index in [1.165, 1.54) is 0 Å². The van der Waals surface area contributed by atoms with Crippen molar-refractivity contribution < 1.29 is 9.53 Å². The molecule has 2 rings (SSSR count). The molecule has 0 amide bonds. The minimum Gasteiger partial charge on any atom is -0.442 e. The van der Waals surface area contributed by atoms with E-state index in [2.05, 4.69) is 36.8 Å². The number of aromatic nitrogens is 1. The molecular weight excluding hydrogens is 290 g/mol. The van der Waals surface area contributed by atoms with Crippen molar-refractivity contribution in [1.29, 1.82) is 0 Å². The minimum absolute atomic E-state index is 0.334. The Bertz CT molecular complexity index is 353. The van der Waals surface area contributed by atoms with Gasteiger partial charge in [-0.15, -0.1) is 0 Å². The number of carbonyl (C=O) groups excluding carboxylic acids is 1. The lowest BCUT2D eigenvalue weighted by Gasteiger charge is -1.98. The van der Waals surface area contributed by atoms with Crippen molar-refractivity contribution in [1.82, 2.24) is 4.98 Å². The van der Waals surface area contributed by atoms with Crippen LogP contribution in [0.15, 0.2) is 16.9 Å². The lowest BCUT2D eigenvalue weighted by molar-refractivity contribution is 0.0529. The summed E-state index contributed by atoms with van der Waals surface area (Å²) in [5.74, 6) is -0.341. The average Bonchev–Trinajstić information content (AvgIpc) is 2.29. The number of ether oxygens (including phenoxy) is 1. The molecule has 0 saturated heterocycles. The van der Waals surface area contributed by atoms with Crippen molar-refractivity contribution in [2.45, 2.75) is 5.01 Å². The van der Waals surface area contributed by atoms with Crippen LogP contribution in [-0.2, 0) is 4.74 Å². The van der Waals surface area contributed by atoms with Gasteiger partial charge >= 0.3 is 5.97 Å². The summed E-state index contributed by atoms with van der Waals surface area (Å²) in [5.41, 5.74) is 1.33. The molecular formula is C7H3Br2NO2. The van der Waals surface area contributed by atoms with Crippen molar-refractivity contribution in [3.8, 4) is 0 Å². The number of pyridine rings is 1. The van der Waals surface area contributed by atoms with E-state index in [0.29, 0.717) is 10.2 Å². The van der Waals surface area contributed by atoms with E-state index in [1.54, 1.807) is 12.3 Å². The highest BCUT2D eigenvalue weighted by atomic mass is 79.9. The van der Waals surface area contributed by atoms with Crippen molar-refractivity contribution in [3.05, 3.63) is 28.0 Å². The maximum Gasteiger partial charge on any atom is 0.342 e. The zero-order chi connectivity index (χ0) is 8.72. The fourth-order valence-corrected chi connectivity index (χ4v) is 2.12. The van der Waals surface area contributed by atoms with Gasteiger partial charge in [0.1, 0.15) is 10.2 Å². The highest BCUT2D eigenvalue weighted by molar-refractivity contribution is 9.10. The van der Waals surface area contributed by atoms with E-state index in [0.717, 1.165) is 5.56 Å². The first-order valence-corrected chi connectivity index (χ1v) is 4.90. The van der Waals surface area contributed by atoms with Crippen LogP contribution in [0.3, 0.4) is 0 Å². The molecule has 0 radical (unpaired) electrons. The molecule has 1 aromatic heterocycles. The molecule has 5 heteroatoms. The summed E-state index contributed by atoms with van der Waals surface area (Å²) in [7, 11) is 0. The van der Waals surface area contributed by atoms with Gasteiger partial charge in [0.05, 0.1) is 0 Å². The molecule has 0 saturated carbocycles. The molecule has 1 unspecified atom stereocenters. The third kappa shape index (κ3) is 1.08. The summed E-state index contributed by atoms with van der Waals surface area (Å²) in [6, 6.07) is 1.75. The zero-order valence-corrected chi connectivity index (χ0v) is 8.92. The molecule has 1 aliphatic rings. The van der Waals surface area contributed by atoms with Gasteiger partial charge < -0.3 is 4.74 Å². The van der Waals surface area contributed by atoms with Gasteiger partial charge in [0.15, 0.2) is 5.01 Å². The van der Waals surface area contributed by atoms with Gasteiger partial charge in [0, 0.05) is 11.8 Å². The summed E-state index contributed by atoms with van der Waals surface area (Å²) in [5, 5.41) is -0.334.